The average Bonchev–Trinajstić information content (AvgIpc) is 2.34. The number of ether oxygens (including phenoxy) is 1. The van der Waals surface area contributed by atoms with Crippen molar-refractivity contribution in [3.8, 4) is 5.75 Å². The minimum absolute atomic E-state index is 0.211. The molecular formula is C13H10BrClFNO. The van der Waals surface area contributed by atoms with Gasteiger partial charge in [-0.1, -0.05) is 27.5 Å². The maximum absolute atomic E-state index is 13.1. The second kappa shape index (κ2) is 5.59. The smallest absolute Gasteiger partial charge is 0.144 e. The fraction of sp³-hybridized carbons (Fsp3) is 0.0769. The van der Waals surface area contributed by atoms with E-state index in [-0.39, 0.29) is 12.4 Å². The lowest BCUT2D eigenvalue weighted by Gasteiger charge is -2.10. The molecule has 0 aliphatic carbocycles. The third kappa shape index (κ3) is 3.15. The first-order valence-corrected chi connectivity index (χ1v) is 6.35. The number of halogens is 3. The van der Waals surface area contributed by atoms with Crippen LogP contribution in [0.3, 0.4) is 0 Å². The van der Waals surface area contributed by atoms with Crippen LogP contribution in [-0.2, 0) is 6.61 Å². The topological polar surface area (TPSA) is 35.2 Å². The molecule has 0 aliphatic rings. The number of nitrogen functional groups attached to an aromatic ring is 1. The molecular weight excluding hydrogens is 321 g/mol. The van der Waals surface area contributed by atoms with Crippen LogP contribution in [0.2, 0.25) is 5.02 Å². The van der Waals surface area contributed by atoms with E-state index in [9.17, 15) is 4.39 Å². The molecule has 0 bridgehead atoms. The highest BCUT2D eigenvalue weighted by Crippen LogP contribution is 2.27. The van der Waals surface area contributed by atoms with Crippen LogP contribution < -0.4 is 10.5 Å². The molecule has 2 aromatic rings. The van der Waals surface area contributed by atoms with Gasteiger partial charge >= 0.3 is 0 Å². The summed E-state index contributed by atoms with van der Waals surface area (Å²) in [6.45, 7) is 0.211. The minimum Gasteiger partial charge on any atom is -0.487 e. The highest BCUT2D eigenvalue weighted by atomic mass is 79.9. The summed E-state index contributed by atoms with van der Waals surface area (Å²) in [5.74, 6) is 0.175. The average molecular weight is 331 g/mol. The summed E-state index contributed by atoms with van der Waals surface area (Å²) in [4.78, 5) is 0. The van der Waals surface area contributed by atoms with Crippen molar-refractivity contribution < 1.29 is 9.13 Å². The molecule has 0 spiro atoms. The Labute approximate surface area is 118 Å². The maximum Gasteiger partial charge on any atom is 0.144 e. The molecule has 5 heteroatoms. The van der Waals surface area contributed by atoms with Gasteiger partial charge in [0.1, 0.15) is 18.2 Å². The van der Waals surface area contributed by atoms with E-state index in [4.69, 9.17) is 22.1 Å². The van der Waals surface area contributed by atoms with Gasteiger partial charge in [-0.05, 0) is 30.3 Å². The Morgan fingerprint density at radius 1 is 1.22 bits per heavy atom. The van der Waals surface area contributed by atoms with Crippen LogP contribution in [-0.4, -0.2) is 0 Å². The highest BCUT2D eigenvalue weighted by molar-refractivity contribution is 9.10. The largest absolute Gasteiger partial charge is 0.487 e. The summed E-state index contributed by atoms with van der Waals surface area (Å²) in [7, 11) is 0. The van der Waals surface area contributed by atoms with Crippen molar-refractivity contribution in [2.45, 2.75) is 6.61 Å². The van der Waals surface area contributed by atoms with Crippen molar-refractivity contribution in [1.29, 1.82) is 0 Å². The molecule has 0 saturated heterocycles. The minimum atomic E-state index is -0.309. The summed E-state index contributed by atoms with van der Waals surface area (Å²) < 4.78 is 19.4. The molecule has 0 atom stereocenters. The first-order chi connectivity index (χ1) is 8.56. The predicted octanol–water partition coefficient (Wildman–Crippen LogP) is 4.40. The number of rotatable bonds is 3. The Morgan fingerprint density at radius 2 is 2.00 bits per heavy atom. The fourth-order valence-electron chi connectivity index (χ4n) is 1.44. The second-order valence-electron chi connectivity index (χ2n) is 3.71. The third-order valence-electron chi connectivity index (χ3n) is 2.37. The zero-order valence-corrected chi connectivity index (χ0v) is 11.6. The van der Waals surface area contributed by atoms with Crippen molar-refractivity contribution in [3.05, 3.63) is 57.3 Å². The number of hydrogen-bond donors (Lipinski definition) is 1. The Kier molecular flexibility index (Phi) is 4.09. The van der Waals surface area contributed by atoms with Gasteiger partial charge in [0.25, 0.3) is 0 Å². The maximum atomic E-state index is 13.1. The molecule has 0 saturated carbocycles. The van der Waals surface area contributed by atoms with Crippen LogP contribution in [0.5, 0.6) is 5.75 Å². The summed E-state index contributed by atoms with van der Waals surface area (Å²) in [5.41, 5.74) is 6.95. The first-order valence-electron chi connectivity index (χ1n) is 5.18. The Bertz CT molecular complexity index is 525. The first kappa shape index (κ1) is 13.2. The summed E-state index contributed by atoms with van der Waals surface area (Å²) in [6, 6.07) is 9.39. The van der Waals surface area contributed by atoms with E-state index in [1.165, 1.54) is 12.1 Å². The van der Waals surface area contributed by atoms with Gasteiger partial charge in [0.15, 0.2) is 0 Å². The normalized spacial score (nSPS) is 10.4. The van der Waals surface area contributed by atoms with E-state index in [0.29, 0.717) is 22.0 Å². The highest BCUT2D eigenvalue weighted by Gasteiger charge is 2.05. The molecule has 0 aromatic heterocycles. The summed E-state index contributed by atoms with van der Waals surface area (Å²) in [6.07, 6.45) is 0. The zero-order valence-electron chi connectivity index (χ0n) is 9.29. The van der Waals surface area contributed by atoms with E-state index >= 15 is 0 Å². The van der Waals surface area contributed by atoms with Gasteiger partial charge in [0.2, 0.25) is 0 Å². The molecule has 18 heavy (non-hydrogen) atoms. The van der Waals surface area contributed by atoms with Gasteiger partial charge in [-0.3, -0.25) is 0 Å². The Morgan fingerprint density at radius 3 is 2.78 bits per heavy atom. The molecule has 2 nitrogen and oxygen atoms in total. The third-order valence-corrected chi connectivity index (χ3v) is 3.38. The SMILES string of the molecule is Nc1ccc(Cl)cc1OCc1cc(F)ccc1Br. The number of hydrogen-bond acceptors (Lipinski definition) is 2. The monoisotopic (exact) mass is 329 g/mol. The number of benzene rings is 2. The zero-order chi connectivity index (χ0) is 13.1. The van der Waals surface area contributed by atoms with Crippen LogP contribution >= 0.6 is 27.5 Å². The van der Waals surface area contributed by atoms with Crippen LogP contribution in [0.1, 0.15) is 5.56 Å². The second-order valence-corrected chi connectivity index (χ2v) is 5.00. The molecule has 94 valence electrons. The summed E-state index contributed by atoms with van der Waals surface area (Å²) in [5, 5.41) is 0.539. The van der Waals surface area contributed by atoms with Gasteiger partial charge in [-0.25, -0.2) is 4.39 Å². The molecule has 2 rings (SSSR count). The standard InChI is InChI=1S/C13H10BrClFNO/c14-11-3-2-10(16)5-8(11)7-18-13-6-9(15)1-4-12(13)17/h1-6H,7,17H2. The molecule has 0 aliphatic heterocycles. The van der Waals surface area contributed by atoms with Gasteiger partial charge in [-0.15, -0.1) is 0 Å². The van der Waals surface area contributed by atoms with Crippen LogP contribution in [0, 0.1) is 5.82 Å². The van der Waals surface area contributed by atoms with Crippen molar-refractivity contribution in [3.63, 3.8) is 0 Å². The lowest BCUT2D eigenvalue weighted by Crippen LogP contribution is -2.00. The van der Waals surface area contributed by atoms with Crippen molar-refractivity contribution in [1.82, 2.24) is 0 Å². The van der Waals surface area contributed by atoms with Gasteiger partial charge in [-0.2, -0.15) is 0 Å². The van der Waals surface area contributed by atoms with Gasteiger partial charge in [0.05, 0.1) is 5.69 Å². The molecule has 0 heterocycles. The van der Waals surface area contributed by atoms with Crippen molar-refractivity contribution in [2.24, 2.45) is 0 Å². The van der Waals surface area contributed by atoms with Gasteiger partial charge in [0, 0.05) is 21.1 Å². The van der Waals surface area contributed by atoms with Crippen molar-refractivity contribution in [2.75, 3.05) is 5.73 Å². The Balaban J connectivity index is 2.16. The molecule has 0 unspecified atom stereocenters. The predicted molar refractivity (Wildman–Crippen MR) is 74.3 cm³/mol. The van der Waals surface area contributed by atoms with Gasteiger partial charge < -0.3 is 10.5 Å². The lowest BCUT2D eigenvalue weighted by molar-refractivity contribution is 0.306. The number of anilines is 1. The lowest BCUT2D eigenvalue weighted by atomic mass is 10.2. The van der Waals surface area contributed by atoms with Crippen molar-refractivity contribution >= 4 is 33.2 Å². The molecule has 2 aromatic carbocycles. The van der Waals surface area contributed by atoms with E-state index in [1.807, 2.05) is 0 Å². The Hall–Kier alpha value is -1.26. The molecule has 0 amide bonds. The quantitative estimate of drug-likeness (QED) is 0.846. The number of nitrogens with two attached hydrogens (primary N) is 1. The van der Waals surface area contributed by atoms with E-state index in [1.54, 1.807) is 24.3 Å². The fourth-order valence-corrected chi connectivity index (χ4v) is 1.97. The van der Waals surface area contributed by atoms with Crippen LogP contribution in [0.15, 0.2) is 40.9 Å². The molecule has 2 N–H and O–H groups in total. The van der Waals surface area contributed by atoms with E-state index < -0.39 is 0 Å². The van der Waals surface area contributed by atoms with E-state index in [0.717, 1.165) is 4.47 Å². The van der Waals surface area contributed by atoms with Crippen LogP contribution in [0.25, 0.3) is 0 Å². The van der Waals surface area contributed by atoms with Crippen LogP contribution in [0.4, 0.5) is 10.1 Å². The summed E-state index contributed by atoms with van der Waals surface area (Å²) >= 11 is 9.18. The molecule has 0 radical (unpaired) electrons. The van der Waals surface area contributed by atoms with E-state index in [2.05, 4.69) is 15.9 Å². The molecule has 0 fully saturated rings.